The second kappa shape index (κ2) is 5.89. The van der Waals surface area contributed by atoms with Crippen LogP contribution in [0.2, 0.25) is 0 Å². The minimum Gasteiger partial charge on any atom is -0.330 e. The molecule has 2 aromatic rings. The second-order valence-corrected chi connectivity index (χ2v) is 6.36. The molecule has 1 aromatic heterocycles. The van der Waals surface area contributed by atoms with Gasteiger partial charge in [0, 0.05) is 10.8 Å². The van der Waals surface area contributed by atoms with E-state index in [1.165, 1.54) is 36.1 Å². The highest BCUT2D eigenvalue weighted by Crippen LogP contribution is 2.33. The van der Waals surface area contributed by atoms with Crippen molar-refractivity contribution in [1.82, 2.24) is 0 Å². The Labute approximate surface area is 119 Å². The molecule has 0 bridgehead atoms. The number of hydrogen-bond donors (Lipinski definition) is 1. The molecule has 1 atom stereocenters. The van der Waals surface area contributed by atoms with Crippen LogP contribution in [-0.4, -0.2) is 6.54 Å². The minimum absolute atomic E-state index is 0.484. The zero-order chi connectivity index (χ0) is 13.1. The first-order valence-corrected chi connectivity index (χ1v) is 8.11. The largest absolute Gasteiger partial charge is 0.330 e. The molecule has 0 fully saturated rings. The van der Waals surface area contributed by atoms with Gasteiger partial charge in [-0.1, -0.05) is 24.3 Å². The third-order valence-electron chi connectivity index (χ3n) is 4.12. The van der Waals surface area contributed by atoms with E-state index in [9.17, 15) is 0 Å². The molecule has 1 heterocycles. The number of benzene rings is 1. The maximum atomic E-state index is 5.82. The smallest absolute Gasteiger partial charge is 0.0196 e. The average Bonchev–Trinajstić information content (AvgIpc) is 2.98. The molecule has 0 saturated carbocycles. The molecular formula is C17H21NS. The number of rotatable bonds is 4. The number of thiophene rings is 1. The van der Waals surface area contributed by atoms with E-state index >= 15 is 0 Å². The van der Waals surface area contributed by atoms with Gasteiger partial charge in [-0.2, -0.15) is 0 Å². The zero-order valence-electron chi connectivity index (χ0n) is 11.3. The van der Waals surface area contributed by atoms with E-state index in [1.54, 1.807) is 11.1 Å². The van der Waals surface area contributed by atoms with E-state index < -0.39 is 0 Å². The van der Waals surface area contributed by atoms with E-state index in [1.807, 2.05) is 11.3 Å². The van der Waals surface area contributed by atoms with Crippen LogP contribution in [0.3, 0.4) is 0 Å². The topological polar surface area (TPSA) is 26.0 Å². The minimum atomic E-state index is 0.484. The van der Waals surface area contributed by atoms with Crippen molar-refractivity contribution in [2.45, 2.75) is 38.0 Å². The molecule has 0 spiro atoms. The Kier molecular flexibility index (Phi) is 4.00. The first kappa shape index (κ1) is 12.9. The van der Waals surface area contributed by atoms with Gasteiger partial charge in [-0.25, -0.2) is 0 Å². The van der Waals surface area contributed by atoms with Crippen LogP contribution in [0.1, 0.15) is 46.7 Å². The van der Waals surface area contributed by atoms with Crippen LogP contribution in [0.15, 0.2) is 35.7 Å². The van der Waals surface area contributed by atoms with E-state index in [0.717, 1.165) is 13.0 Å². The monoisotopic (exact) mass is 271 g/mol. The maximum Gasteiger partial charge on any atom is 0.0196 e. The summed E-state index contributed by atoms with van der Waals surface area (Å²) >= 11 is 1.85. The summed E-state index contributed by atoms with van der Waals surface area (Å²) in [5.41, 5.74) is 10.4. The quantitative estimate of drug-likeness (QED) is 0.890. The molecule has 1 aromatic carbocycles. The summed E-state index contributed by atoms with van der Waals surface area (Å²) in [5.74, 6) is 0.484. The van der Waals surface area contributed by atoms with E-state index in [0.29, 0.717) is 5.92 Å². The predicted molar refractivity (Wildman–Crippen MR) is 82.9 cm³/mol. The molecule has 2 heteroatoms. The van der Waals surface area contributed by atoms with Crippen LogP contribution in [-0.2, 0) is 12.8 Å². The van der Waals surface area contributed by atoms with Gasteiger partial charge in [0.25, 0.3) is 0 Å². The van der Waals surface area contributed by atoms with Gasteiger partial charge < -0.3 is 5.73 Å². The summed E-state index contributed by atoms with van der Waals surface area (Å²) in [6.07, 6.45) is 6.25. The summed E-state index contributed by atoms with van der Waals surface area (Å²) < 4.78 is 0. The number of hydrogen-bond acceptors (Lipinski definition) is 2. The first-order valence-electron chi connectivity index (χ1n) is 7.23. The third kappa shape index (κ3) is 2.75. The van der Waals surface area contributed by atoms with Gasteiger partial charge in [0.1, 0.15) is 0 Å². The SMILES string of the molecule is NCCC(c1ccc2c(c1)CCCC2)c1cccs1. The lowest BCUT2D eigenvalue weighted by molar-refractivity contribution is 0.679. The molecule has 19 heavy (non-hydrogen) atoms. The highest BCUT2D eigenvalue weighted by Gasteiger charge is 2.17. The Balaban J connectivity index is 1.94. The van der Waals surface area contributed by atoms with Gasteiger partial charge in [-0.05, 0) is 66.8 Å². The molecule has 2 N–H and O–H groups in total. The Morgan fingerprint density at radius 1 is 1.11 bits per heavy atom. The molecule has 0 amide bonds. The first-order chi connectivity index (χ1) is 9.38. The standard InChI is InChI=1S/C17H21NS/c18-10-9-16(17-6-3-11-19-17)15-8-7-13-4-1-2-5-14(13)12-15/h3,6-8,11-12,16H,1-2,4-5,9-10,18H2. The molecule has 1 nitrogen and oxygen atoms in total. The van der Waals surface area contributed by atoms with Crippen LogP contribution in [0.25, 0.3) is 0 Å². The maximum absolute atomic E-state index is 5.82. The van der Waals surface area contributed by atoms with Crippen molar-refractivity contribution in [1.29, 1.82) is 0 Å². The van der Waals surface area contributed by atoms with Gasteiger partial charge in [0.2, 0.25) is 0 Å². The second-order valence-electron chi connectivity index (χ2n) is 5.38. The Bertz CT molecular complexity index is 530. The molecule has 1 aliphatic rings. The van der Waals surface area contributed by atoms with E-state index in [4.69, 9.17) is 5.73 Å². The number of aryl methyl sites for hydroxylation is 2. The van der Waals surface area contributed by atoms with Crippen molar-refractivity contribution >= 4 is 11.3 Å². The fourth-order valence-corrected chi connectivity index (χ4v) is 3.99. The van der Waals surface area contributed by atoms with Gasteiger partial charge in [0.05, 0.1) is 0 Å². The Morgan fingerprint density at radius 3 is 2.68 bits per heavy atom. The third-order valence-corrected chi connectivity index (χ3v) is 5.10. The van der Waals surface area contributed by atoms with E-state index in [-0.39, 0.29) is 0 Å². The van der Waals surface area contributed by atoms with Crippen molar-refractivity contribution < 1.29 is 0 Å². The molecule has 3 rings (SSSR count). The van der Waals surface area contributed by atoms with Crippen LogP contribution in [0.4, 0.5) is 0 Å². The van der Waals surface area contributed by atoms with Gasteiger partial charge in [0.15, 0.2) is 0 Å². The summed E-state index contributed by atoms with van der Waals surface area (Å²) in [6, 6.07) is 11.5. The van der Waals surface area contributed by atoms with Crippen molar-refractivity contribution in [2.24, 2.45) is 5.73 Å². The average molecular weight is 271 g/mol. The van der Waals surface area contributed by atoms with Crippen molar-refractivity contribution in [3.63, 3.8) is 0 Å². The Morgan fingerprint density at radius 2 is 1.95 bits per heavy atom. The molecule has 100 valence electrons. The van der Waals surface area contributed by atoms with Crippen molar-refractivity contribution in [2.75, 3.05) is 6.54 Å². The van der Waals surface area contributed by atoms with Crippen molar-refractivity contribution in [3.8, 4) is 0 Å². The molecular weight excluding hydrogens is 250 g/mol. The summed E-state index contributed by atoms with van der Waals surface area (Å²) in [6.45, 7) is 0.750. The molecule has 1 unspecified atom stereocenters. The molecule has 0 saturated heterocycles. The van der Waals surface area contributed by atoms with E-state index in [2.05, 4.69) is 35.7 Å². The molecule has 0 radical (unpaired) electrons. The predicted octanol–water partition coefficient (Wildman–Crippen LogP) is 4.11. The highest BCUT2D eigenvalue weighted by molar-refractivity contribution is 7.10. The summed E-state index contributed by atoms with van der Waals surface area (Å²) in [4.78, 5) is 1.45. The summed E-state index contributed by atoms with van der Waals surface area (Å²) in [5, 5.41) is 2.16. The fourth-order valence-electron chi connectivity index (χ4n) is 3.10. The normalized spacial score (nSPS) is 16.1. The lowest BCUT2D eigenvalue weighted by Gasteiger charge is -2.20. The summed E-state index contributed by atoms with van der Waals surface area (Å²) in [7, 11) is 0. The van der Waals surface area contributed by atoms with Crippen molar-refractivity contribution in [3.05, 3.63) is 57.3 Å². The Hall–Kier alpha value is -1.12. The van der Waals surface area contributed by atoms with Crippen LogP contribution >= 0.6 is 11.3 Å². The lowest BCUT2D eigenvalue weighted by Crippen LogP contribution is -2.10. The highest BCUT2D eigenvalue weighted by atomic mass is 32.1. The van der Waals surface area contributed by atoms with Crippen LogP contribution < -0.4 is 5.73 Å². The van der Waals surface area contributed by atoms with Crippen LogP contribution in [0, 0.1) is 0 Å². The number of nitrogens with two attached hydrogens (primary N) is 1. The van der Waals surface area contributed by atoms with Gasteiger partial charge >= 0.3 is 0 Å². The molecule has 0 aliphatic heterocycles. The van der Waals surface area contributed by atoms with Crippen LogP contribution in [0.5, 0.6) is 0 Å². The zero-order valence-corrected chi connectivity index (χ0v) is 12.1. The fraction of sp³-hybridized carbons (Fsp3) is 0.412. The molecule has 1 aliphatic carbocycles. The number of fused-ring (bicyclic) bond motifs is 1. The lowest BCUT2D eigenvalue weighted by atomic mass is 9.86. The van der Waals surface area contributed by atoms with Gasteiger partial charge in [-0.15, -0.1) is 11.3 Å². The van der Waals surface area contributed by atoms with Gasteiger partial charge in [-0.3, -0.25) is 0 Å².